The number of aromatic nitrogens is 1. The topological polar surface area (TPSA) is 68.7 Å². The van der Waals surface area contributed by atoms with Crippen molar-refractivity contribution in [2.45, 2.75) is 17.5 Å². The molecule has 0 saturated carbocycles. The van der Waals surface area contributed by atoms with Gasteiger partial charge in [0.05, 0.1) is 23.8 Å². The molecule has 0 amide bonds. The Morgan fingerprint density at radius 2 is 2.04 bits per heavy atom. The molecule has 6 nitrogen and oxygen atoms in total. The van der Waals surface area contributed by atoms with Gasteiger partial charge in [-0.2, -0.15) is 0 Å². The maximum absolute atomic E-state index is 11.5. The summed E-state index contributed by atoms with van der Waals surface area (Å²) in [5, 5.41) is 0. The van der Waals surface area contributed by atoms with Gasteiger partial charge in [0.2, 0.25) is 0 Å². The molecule has 1 aliphatic rings. The van der Waals surface area contributed by atoms with E-state index in [2.05, 4.69) is 9.88 Å². The molecule has 1 saturated heterocycles. The molecule has 1 atom stereocenters. The van der Waals surface area contributed by atoms with Crippen molar-refractivity contribution in [3.63, 3.8) is 0 Å². The number of pyridine rings is 1. The summed E-state index contributed by atoms with van der Waals surface area (Å²) >= 11 is 0. The monoisotopic (exact) mass is 362 g/mol. The summed E-state index contributed by atoms with van der Waals surface area (Å²) < 4.78 is 34.7. The minimum atomic E-state index is -3.20. The van der Waals surface area contributed by atoms with Crippen LogP contribution in [0.15, 0.2) is 53.6 Å². The van der Waals surface area contributed by atoms with Crippen LogP contribution in [0.3, 0.4) is 0 Å². The molecule has 1 aliphatic heterocycles. The van der Waals surface area contributed by atoms with Crippen molar-refractivity contribution in [3.8, 4) is 5.75 Å². The van der Waals surface area contributed by atoms with Crippen LogP contribution in [0, 0.1) is 0 Å². The van der Waals surface area contributed by atoms with E-state index in [0.717, 1.165) is 25.3 Å². The zero-order valence-corrected chi connectivity index (χ0v) is 15.0. The molecular weight excluding hydrogens is 340 g/mol. The van der Waals surface area contributed by atoms with Gasteiger partial charge in [-0.15, -0.1) is 0 Å². The minimum absolute atomic E-state index is 0.115. The number of sulfone groups is 1. The zero-order chi connectivity index (χ0) is 17.7. The van der Waals surface area contributed by atoms with Crippen LogP contribution in [0.2, 0.25) is 0 Å². The lowest BCUT2D eigenvalue weighted by atomic mass is 10.3. The standard InChI is InChI=1S/C18H22N2O4S/c1-25(21,22)18-7-5-16(6-8-18)24-17-13-20(10-11-23-14-17)12-15-4-2-3-9-19-15/h2-9,17H,10-14H2,1H3/t17-/m1/s1. The van der Waals surface area contributed by atoms with Gasteiger partial charge >= 0.3 is 0 Å². The van der Waals surface area contributed by atoms with Crippen LogP contribution < -0.4 is 4.74 Å². The summed E-state index contributed by atoms with van der Waals surface area (Å²) in [5.74, 6) is 0.640. The molecule has 7 heteroatoms. The van der Waals surface area contributed by atoms with Gasteiger partial charge in [0.1, 0.15) is 11.9 Å². The van der Waals surface area contributed by atoms with E-state index in [1.807, 2.05) is 18.2 Å². The van der Waals surface area contributed by atoms with Crippen LogP contribution in [-0.4, -0.2) is 57.0 Å². The highest BCUT2D eigenvalue weighted by molar-refractivity contribution is 7.90. The number of hydrogen-bond donors (Lipinski definition) is 0. The van der Waals surface area contributed by atoms with E-state index in [1.54, 1.807) is 30.5 Å². The van der Waals surface area contributed by atoms with E-state index < -0.39 is 9.84 Å². The first kappa shape index (κ1) is 17.8. The van der Waals surface area contributed by atoms with Crippen LogP contribution in [0.4, 0.5) is 0 Å². The lowest BCUT2D eigenvalue weighted by Crippen LogP contribution is -2.35. The first-order chi connectivity index (χ1) is 12.0. The third-order valence-electron chi connectivity index (χ3n) is 3.98. The summed E-state index contributed by atoms with van der Waals surface area (Å²) in [6.07, 6.45) is 2.87. The van der Waals surface area contributed by atoms with E-state index >= 15 is 0 Å². The fraction of sp³-hybridized carbons (Fsp3) is 0.389. The molecule has 3 rings (SSSR count). The predicted octanol–water partition coefficient (Wildman–Crippen LogP) is 1.76. The second-order valence-corrected chi connectivity index (χ2v) is 8.13. The van der Waals surface area contributed by atoms with Crippen LogP contribution in [-0.2, 0) is 21.1 Å². The molecule has 0 spiro atoms. The summed E-state index contributed by atoms with van der Waals surface area (Å²) in [6.45, 7) is 3.46. The fourth-order valence-corrected chi connectivity index (χ4v) is 3.36. The van der Waals surface area contributed by atoms with Crippen molar-refractivity contribution < 1.29 is 17.9 Å². The largest absolute Gasteiger partial charge is 0.487 e. The van der Waals surface area contributed by atoms with Gasteiger partial charge in [-0.05, 0) is 36.4 Å². The maximum Gasteiger partial charge on any atom is 0.175 e. The van der Waals surface area contributed by atoms with Gasteiger partial charge in [-0.3, -0.25) is 9.88 Å². The number of nitrogens with zero attached hydrogens (tertiary/aromatic N) is 2. The number of rotatable bonds is 5. The Morgan fingerprint density at radius 3 is 2.72 bits per heavy atom. The molecule has 1 aromatic carbocycles. The molecule has 0 unspecified atom stereocenters. The first-order valence-corrected chi connectivity index (χ1v) is 10.1. The van der Waals surface area contributed by atoms with Crippen molar-refractivity contribution in [3.05, 3.63) is 54.4 Å². The highest BCUT2D eigenvalue weighted by Gasteiger charge is 2.20. The number of benzene rings is 1. The molecule has 1 aromatic heterocycles. The molecule has 2 heterocycles. The van der Waals surface area contributed by atoms with Crippen molar-refractivity contribution in [1.29, 1.82) is 0 Å². The van der Waals surface area contributed by atoms with Gasteiger partial charge in [0, 0.05) is 32.1 Å². The van der Waals surface area contributed by atoms with Crippen LogP contribution in [0.1, 0.15) is 5.69 Å². The quantitative estimate of drug-likeness (QED) is 0.807. The van der Waals surface area contributed by atoms with Crippen molar-refractivity contribution in [1.82, 2.24) is 9.88 Å². The summed E-state index contributed by atoms with van der Waals surface area (Å²) in [5.41, 5.74) is 1.01. The smallest absolute Gasteiger partial charge is 0.175 e. The Bertz CT molecular complexity index is 778. The average Bonchev–Trinajstić information content (AvgIpc) is 2.80. The average molecular weight is 362 g/mol. The third-order valence-corrected chi connectivity index (χ3v) is 5.11. The fourth-order valence-electron chi connectivity index (χ4n) is 2.73. The highest BCUT2D eigenvalue weighted by atomic mass is 32.2. The lowest BCUT2D eigenvalue weighted by molar-refractivity contribution is 0.0710. The second kappa shape index (κ2) is 7.95. The lowest BCUT2D eigenvalue weighted by Gasteiger charge is -2.23. The van der Waals surface area contributed by atoms with Crippen molar-refractivity contribution in [2.24, 2.45) is 0 Å². The SMILES string of the molecule is CS(=O)(=O)c1ccc(O[C@H]2COCCN(Cc3ccccn3)C2)cc1. The Balaban J connectivity index is 1.63. The summed E-state index contributed by atoms with van der Waals surface area (Å²) in [7, 11) is -3.20. The first-order valence-electron chi connectivity index (χ1n) is 8.17. The Morgan fingerprint density at radius 1 is 1.24 bits per heavy atom. The molecule has 2 aromatic rings. The molecule has 25 heavy (non-hydrogen) atoms. The van der Waals surface area contributed by atoms with Crippen LogP contribution in [0.5, 0.6) is 5.75 Å². The van der Waals surface area contributed by atoms with Gasteiger partial charge in [-0.25, -0.2) is 8.42 Å². The van der Waals surface area contributed by atoms with Gasteiger partial charge in [0.25, 0.3) is 0 Å². The second-order valence-electron chi connectivity index (χ2n) is 6.11. The number of hydrogen-bond acceptors (Lipinski definition) is 6. The van der Waals surface area contributed by atoms with Crippen LogP contribution in [0.25, 0.3) is 0 Å². The van der Waals surface area contributed by atoms with E-state index in [1.165, 1.54) is 6.26 Å². The van der Waals surface area contributed by atoms with Crippen molar-refractivity contribution >= 4 is 9.84 Å². The van der Waals surface area contributed by atoms with E-state index in [0.29, 0.717) is 19.0 Å². The normalized spacial score (nSPS) is 19.3. The number of ether oxygens (including phenoxy) is 2. The highest BCUT2D eigenvalue weighted by Crippen LogP contribution is 2.18. The molecule has 0 bridgehead atoms. The Labute approximate surface area is 148 Å². The molecular formula is C18H22N2O4S. The molecule has 1 fully saturated rings. The molecule has 0 radical (unpaired) electrons. The summed E-state index contributed by atoms with van der Waals surface area (Å²) in [4.78, 5) is 6.91. The van der Waals surface area contributed by atoms with Crippen molar-refractivity contribution in [2.75, 3.05) is 32.6 Å². The minimum Gasteiger partial charge on any atom is -0.487 e. The van der Waals surface area contributed by atoms with Gasteiger partial charge < -0.3 is 9.47 Å². The molecule has 0 aliphatic carbocycles. The van der Waals surface area contributed by atoms with E-state index in [4.69, 9.17) is 9.47 Å². The Kier molecular flexibility index (Phi) is 5.67. The maximum atomic E-state index is 11.5. The summed E-state index contributed by atoms with van der Waals surface area (Å²) in [6, 6.07) is 12.4. The van der Waals surface area contributed by atoms with Gasteiger partial charge in [-0.1, -0.05) is 6.07 Å². The van der Waals surface area contributed by atoms with Gasteiger partial charge in [0.15, 0.2) is 9.84 Å². The Hall–Kier alpha value is -1.96. The van der Waals surface area contributed by atoms with Crippen LogP contribution >= 0.6 is 0 Å². The van der Waals surface area contributed by atoms with E-state index in [9.17, 15) is 8.42 Å². The predicted molar refractivity (Wildman–Crippen MR) is 94.3 cm³/mol. The third kappa shape index (κ3) is 5.26. The zero-order valence-electron chi connectivity index (χ0n) is 14.2. The van der Waals surface area contributed by atoms with E-state index in [-0.39, 0.29) is 11.0 Å². The molecule has 134 valence electrons. The molecule has 0 N–H and O–H groups in total.